The van der Waals surface area contributed by atoms with Gasteiger partial charge in [-0.15, -0.1) is 0 Å². The third kappa shape index (κ3) is 2.83. The average molecular weight is 240 g/mol. The van der Waals surface area contributed by atoms with Gasteiger partial charge < -0.3 is 14.5 Å². The molecule has 2 aliphatic heterocycles. The maximum absolute atomic E-state index is 5.47. The summed E-state index contributed by atoms with van der Waals surface area (Å²) < 4.78 is 5.47. The molecule has 17 heavy (non-hydrogen) atoms. The summed E-state index contributed by atoms with van der Waals surface area (Å²) in [7, 11) is 0. The molecule has 0 aromatic heterocycles. The van der Waals surface area contributed by atoms with Crippen LogP contribution in [0.4, 0.5) is 0 Å². The van der Waals surface area contributed by atoms with Crippen molar-refractivity contribution in [1.29, 1.82) is 0 Å². The maximum Gasteiger partial charge on any atom is 0.101 e. The third-order valence-electron chi connectivity index (χ3n) is 5.27. The van der Waals surface area contributed by atoms with Crippen LogP contribution in [0.25, 0.3) is 0 Å². The molecule has 3 heteroatoms. The zero-order chi connectivity index (χ0) is 11.5. The first-order valence-electron chi connectivity index (χ1n) is 7.70. The van der Waals surface area contributed by atoms with Crippen LogP contribution in [0.3, 0.4) is 0 Å². The van der Waals surface area contributed by atoms with E-state index in [9.17, 15) is 0 Å². The molecule has 98 valence electrons. The second kappa shape index (κ2) is 5.68. The van der Waals surface area contributed by atoms with Crippen LogP contribution < -0.4 is 9.80 Å². The minimum absolute atomic E-state index is 0.948. The molecule has 3 fully saturated rings. The molecule has 0 spiro atoms. The van der Waals surface area contributed by atoms with E-state index in [0.29, 0.717) is 0 Å². The quantitative estimate of drug-likeness (QED) is 0.626. The van der Waals surface area contributed by atoms with Crippen molar-refractivity contribution in [2.75, 3.05) is 39.4 Å². The van der Waals surface area contributed by atoms with Crippen molar-refractivity contribution in [3.05, 3.63) is 0 Å². The summed E-state index contributed by atoms with van der Waals surface area (Å²) in [5, 5.41) is 0. The number of quaternary nitrogens is 2. The largest absolute Gasteiger partial charge is 0.370 e. The van der Waals surface area contributed by atoms with Crippen molar-refractivity contribution in [1.82, 2.24) is 0 Å². The van der Waals surface area contributed by atoms with Crippen LogP contribution in [-0.4, -0.2) is 51.5 Å². The molecule has 1 saturated carbocycles. The lowest BCUT2D eigenvalue weighted by Crippen LogP contribution is -3.22. The molecule has 0 atom stereocenters. The summed E-state index contributed by atoms with van der Waals surface area (Å²) in [5.74, 6) is 0. The Balaban J connectivity index is 1.46. The van der Waals surface area contributed by atoms with Crippen molar-refractivity contribution in [2.45, 2.75) is 50.6 Å². The molecule has 0 aromatic carbocycles. The highest BCUT2D eigenvalue weighted by Crippen LogP contribution is 2.16. The van der Waals surface area contributed by atoms with Gasteiger partial charge in [-0.05, 0) is 25.7 Å². The molecular formula is C14H28N2O+2. The SMILES string of the molecule is C1CCC([NH+]2CCC([NH+]3CCOCC3)CC2)C1. The molecule has 0 radical (unpaired) electrons. The fraction of sp³-hybridized carbons (Fsp3) is 1.00. The molecule has 2 saturated heterocycles. The Labute approximate surface area is 105 Å². The third-order valence-corrected chi connectivity index (χ3v) is 5.27. The molecule has 2 heterocycles. The number of rotatable bonds is 2. The van der Waals surface area contributed by atoms with Crippen LogP contribution in [0.1, 0.15) is 38.5 Å². The Morgan fingerprint density at radius 2 is 1.18 bits per heavy atom. The average Bonchev–Trinajstić information content (AvgIpc) is 2.94. The van der Waals surface area contributed by atoms with Crippen LogP contribution in [0.2, 0.25) is 0 Å². The highest BCUT2D eigenvalue weighted by Gasteiger charge is 2.34. The zero-order valence-electron chi connectivity index (χ0n) is 11.0. The summed E-state index contributed by atoms with van der Waals surface area (Å²) in [6.45, 7) is 7.38. The normalized spacial score (nSPS) is 37.4. The molecule has 0 aromatic rings. The number of ether oxygens (including phenoxy) is 1. The van der Waals surface area contributed by atoms with Crippen LogP contribution in [0.15, 0.2) is 0 Å². The number of morpholine rings is 1. The lowest BCUT2D eigenvalue weighted by molar-refractivity contribution is -0.971. The fourth-order valence-corrected chi connectivity index (χ4v) is 4.18. The van der Waals surface area contributed by atoms with Crippen molar-refractivity contribution in [3.8, 4) is 0 Å². The van der Waals surface area contributed by atoms with Gasteiger partial charge in [0.15, 0.2) is 0 Å². The van der Waals surface area contributed by atoms with Crippen molar-refractivity contribution in [2.24, 2.45) is 0 Å². The Hall–Kier alpha value is -0.120. The lowest BCUT2D eigenvalue weighted by atomic mass is 10.0. The van der Waals surface area contributed by atoms with Crippen molar-refractivity contribution < 1.29 is 14.5 Å². The Kier molecular flexibility index (Phi) is 3.99. The number of likely N-dealkylation sites (tertiary alicyclic amines) is 1. The van der Waals surface area contributed by atoms with Gasteiger partial charge in [-0.2, -0.15) is 0 Å². The summed E-state index contributed by atoms with van der Waals surface area (Å²) in [6, 6.07) is 1.97. The molecule has 1 aliphatic carbocycles. The van der Waals surface area contributed by atoms with E-state index in [0.717, 1.165) is 25.3 Å². The molecule has 2 N–H and O–H groups in total. The lowest BCUT2D eigenvalue weighted by Gasteiger charge is -2.37. The Morgan fingerprint density at radius 1 is 0.647 bits per heavy atom. The van der Waals surface area contributed by atoms with Crippen molar-refractivity contribution in [3.63, 3.8) is 0 Å². The van der Waals surface area contributed by atoms with Crippen LogP contribution in [0.5, 0.6) is 0 Å². The second-order valence-corrected chi connectivity index (χ2v) is 6.18. The first kappa shape index (κ1) is 11.9. The highest BCUT2D eigenvalue weighted by atomic mass is 16.5. The molecule has 0 amide bonds. The summed E-state index contributed by atoms with van der Waals surface area (Å²) in [4.78, 5) is 3.77. The summed E-state index contributed by atoms with van der Waals surface area (Å²) in [6.07, 6.45) is 8.91. The van der Waals surface area contributed by atoms with Crippen molar-refractivity contribution >= 4 is 0 Å². The van der Waals surface area contributed by atoms with E-state index in [1.807, 2.05) is 9.80 Å². The Morgan fingerprint density at radius 3 is 1.82 bits per heavy atom. The molecule has 3 rings (SSSR count). The highest BCUT2D eigenvalue weighted by molar-refractivity contribution is 4.69. The van der Waals surface area contributed by atoms with Crippen LogP contribution in [0, 0.1) is 0 Å². The van der Waals surface area contributed by atoms with Gasteiger partial charge in [0.2, 0.25) is 0 Å². The fourth-order valence-electron chi connectivity index (χ4n) is 4.18. The molecule has 3 nitrogen and oxygen atoms in total. The van der Waals surface area contributed by atoms with Crippen LogP contribution in [-0.2, 0) is 4.74 Å². The topological polar surface area (TPSA) is 18.1 Å². The standard InChI is InChI=1S/C14H26N2O/c1-2-4-13(3-1)15-7-5-14(6-8-15)16-9-11-17-12-10-16/h13-14H,1-12H2/p+2. The van der Waals surface area contributed by atoms with Gasteiger partial charge in [0.05, 0.1) is 38.4 Å². The molecule has 0 bridgehead atoms. The van der Waals surface area contributed by atoms with E-state index in [-0.39, 0.29) is 0 Å². The summed E-state index contributed by atoms with van der Waals surface area (Å²) in [5.41, 5.74) is 0. The number of hydrogen-bond donors (Lipinski definition) is 2. The predicted octanol–water partition coefficient (Wildman–Crippen LogP) is -1.11. The van der Waals surface area contributed by atoms with E-state index in [1.165, 1.54) is 64.7 Å². The Bertz CT molecular complexity index is 226. The summed E-state index contributed by atoms with van der Waals surface area (Å²) >= 11 is 0. The van der Waals surface area contributed by atoms with Gasteiger partial charge in [0.1, 0.15) is 13.1 Å². The smallest absolute Gasteiger partial charge is 0.101 e. The number of nitrogens with one attached hydrogen (secondary N) is 2. The van der Waals surface area contributed by atoms with E-state index in [1.54, 1.807) is 0 Å². The number of piperidine rings is 1. The van der Waals surface area contributed by atoms with E-state index in [2.05, 4.69) is 0 Å². The molecule has 0 unspecified atom stereocenters. The monoisotopic (exact) mass is 240 g/mol. The zero-order valence-corrected chi connectivity index (χ0v) is 11.0. The molecule has 3 aliphatic rings. The van der Waals surface area contributed by atoms with Gasteiger partial charge >= 0.3 is 0 Å². The van der Waals surface area contributed by atoms with Gasteiger partial charge in [-0.25, -0.2) is 0 Å². The minimum atomic E-state index is 0.948. The van der Waals surface area contributed by atoms with Crippen LogP contribution >= 0.6 is 0 Å². The first-order valence-corrected chi connectivity index (χ1v) is 7.70. The first-order chi connectivity index (χ1) is 8.43. The van der Waals surface area contributed by atoms with Gasteiger partial charge in [-0.3, -0.25) is 0 Å². The maximum atomic E-state index is 5.47. The molecular weight excluding hydrogens is 212 g/mol. The minimum Gasteiger partial charge on any atom is -0.370 e. The predicted molar refractivity (Wildman–Crippen MR) is 67.5 cm³/mol. The van der Waals surface area contributed by atoms with E-state index < -0.39 is 0 Å². The second-order valence-electron chi connectivity index (χ2n) is 6.18. The van der Waals surface area contributed by atoms with Gasteiger partial charge in [-0.1, -0.05) is 0 Å². The van der Waals surface area contributed by atoms with Gasteiger partial charge in [0.25, 0.3) is 0 Å². The van der Waals surface area contributed by atoms with E-state index in [4.69, 9.17) is 4.74 Å². The van der Waals surface area contributed by atoms with E-state index >= 15 is 0 Å². The number of hydrogen-bond acceptors (Lipinski definition) is 1. The van der Waals surface area contributed by atoms with Gasteiger partial charge in [0, 0.05) is 12.8 Å².